The maximum absolute atomic E-state index is 13.1. The van der Waals surface area contributed by atoms with E-state index in [1.54, 1.807) is 6.33 Å². The third kappa shape index (κ3) is 1.46. The summed E-state index contributed by atoms with van der Waals surface area (Å²) in [5, 5.41) is 0.0826. The highest BCUT2D eigenvalue weighted by Crippen LogP contribution is 2.32. The van der Waals surface area contributed by atoms with Crippen molar-refractivity contribution in [3.63, 3.8) is 0 Å². The Hall–Kier alpha value is -1.23. The summed E-state index contributed by atoms with van der Waals surface area (Å²) in [5.41, 5.74) is 0.986. The van der Waals surface area contributed by atoms with Crippen LogP contribution >= 0.6 is 11.6 Å². The van der Waals surface area contributed by atoms with Crippen LogP contribution in [0.1, 0.15) is 31.7 Å². The van der Waals surface area contributed by atoms with E-state index < -0.39 is 6.08 Å². The van der Waals surface area contributed by atoms with Crippen LogP contribution in [0.4, 0.5) is 4.39 Å². The molecule has 16 heavy (non-hydrogen) atoms. The van der Waals surface area contributed by atoms with E-state index in [1.165, 1.54) is 12.8 Å². The number of halogens is 2. The van der Waals surface area contributed by atoms with Gasteiger partial charge in [0, 0.05) is 6.04 Å². The van der Waals surface area contributed by atoms with Gasteiger partial charge in [-0.25, -0.2) is 4.98 Å². The van der Waals surface area contributed by atoms with Crippen LogP contribution in [0.25, 0.3) is 11.2 Å². The van der Waals surface area contributed by atoms with Gasteiger partial charge < -0.3 is 4.57 Å². The van der Waals surface area contributed by atoms with Crippen molar-refractivity contribution < 1.29 is 4.39 Å². The van der Waals surface area contributed by atoms with Crippen LogP contribution in [0.2, 0.25) is 5.15 Å². The van der Waals surface area contributed by atoms with Crippen LogP contribution in [0.5, 0.6) is 0 Å². The van der Waals surface area contributed by atoms with Crippen molar-refractivity contribution in [1.29, 1.82) is 0 Å². The first kappa shape index (κ1) is 9.96. The fourth-order valence-electron chi connectivity index (χ4n) is 2.31. The second-order valence-electron chi connectivity index (χ2n) is 4.05. The van der Waals surface area contributed by atoms with Crippen LogP contribution in [-0.4, -0.2) is 19.5 Å². The molecule has 0 atom stereocenters. The normalized spacial score (nSPS) is 17.4. The zero-order valence-corrected chi connectivity index (χ0v) is 9.28. The fourth-order valence-corrected chi connectivity index (χ4v) is 2.51. The average molecular weight is 241 g/mol. The molecule has 3 rings (SSSR count). The Bertz CT molecular complexity index is 533. The molecule has 2 aromatic rings. The molecule has 0 bridgehead atoms. The zero-order chi connectivity index (χ0) is 11.1. The highest BCUT2D eigenvalue weighted by molar-refractivity contribution is 6.33. The first-order valence-corrected chi connectivity index (χ1v) is 5.69. The molecule has 6 heteroatoms. The predicted octanol–water partition coefficient (Wildman–Crippen LogP) is 2.73. The smallest absolute Gasteiger partial charge is 0.312 e. The van der Waals surface area contributed by atoms with Crippen molar-refractivity contribution in [2.24, 2.45) is 0 Å². The number of fused-ring (bicyclic) bond motifs is 1. The summed E-state index contributed by atoms with van der Waals surface area (Å²) in [6.45, 7) is 0. The molecule has 0 unspecified atom stereocenters. The summed E-state index contributed by atoms with van der Waals surface area (Å²) in [6.07, 6.45) is 5.47. The quantitative estimate of drug-likeness (QED) is 0.569. The largest absolute Gasteiger partial charge is 0.312 e. The van der Waals surface area contributed by atoms with Crippen molar-refractivity contribution in [2.75, 3.05) is 0 Å². The second-order valence-corrected chi connectivity index (χ2v) is 4.40. The van der Waals surface area contributed by atoms with Crippen molar-refractivity contribution in [2.45, 2.75) is 31.7 Å². The number of rotatable bonds is 1. The third-order valence-electron chi connectivity index (χ3n) is 3.07. The summed E-state index contributed by atoms with van der Waals surface area (Å²) in [6, 6.07) is 0.371. The molecule has 1 aliphatic rings. The minimum absolute atomic E-state index is 0.0826. The maximum Gasteiger partial charge on any atom is 0.312 e. The van der Waals surface area contributed by atoms with Crippen LogP contribution in [0.3, 0.4) is 0 Å². The Kier molecular flexibility index (Phi) is 2.28. The molecule has 4 nitrogen and oxygen atoms in total. The summed E-state index contributed by atoms with van der Waals surface area (Å²) < 4.78 is 15.0. The lowest BCUT2D eigenvalue weighted by Crippen LogP contribution is -2.05. The molecule has 2 heterocycles. The molecule has 1 aliphatic carbocycles. The van der Waals surface area contributed by atoms with E-state index in [1.807, 2.05) is 4.57 Å². The molecule has 0 saturated heterocycles. The van der Waals surface area contributed by atoms with Crippen LogP contribution in [0, 0.1) is 6.08 Å². The lowest BCUT2D eigenvalue weighted by atomic mass is 10.2. The first-order valence-electron chi connectivity index (χ1n) is 5.31. The minimum Gasteiger partial charge on any atom is -0.312 e. The zero-order valence-electron chi connectivity index (χ0n) is 8.53. The van der Waals surface area contributed by atoms with Crippen LogP contribution in [-0.2, 0) is 0 Å². The maximum atomic E-state index is 13.1. The molecule has 2 aromatic heterocycles. The van der Waals surface area contributed by atoms with Crippen molar-refractivity contribution in [1.82, 2.24) is 19.5 Å². The second kappa shape index (κ2) is 3.66. The number of hydrogen-bond donors (Lipinski definition) is 0. The fraction of sp³-hybridized carbons (Fsp3) is 0.500. The van der Waals surface area contributed by atoms with Crippen LogP contribution in [0.15, 0.2) is 6.33 Å². The molecular formula is C10H10ClFN4. The lowest BCUT2D eigenvalue weighted by Gasteiger charge is -2.10. The summed E-state index contributed by atoms with van der Waals surface area (Å²) in [7, 11) is 0. The van der Waals surface area contributed by atoms with Gasteiger partial charge in [0.2, 0.25) is 0 Å². The summed E-state index contributed by atoms with van der Waals surface area (Å²) >= 11 is 5.82. The van der Waals surface area contributed by atoms with E-state index in [0.29, 0.717) is 17.2 Å². The van der Waals surface area contributed by atoms with E-state index in [0.717, 1.165) is 12.8 Å². The van der Waals surface area contributed by atoms with Gasteiger partial charge in [0.15, 0.2) is 10.8 Å². The Morgan fingerprint density at radius 3 is 2.81 bits per heavy atom. The van der Waals surface area contributed by atoms with Gasteiger partial charge in [0.1, 0.15) is 5.52 Å². The van der Waals surface area contributed by atoms with Gasteiger partial charge in [-0.15, -0.1) is 0 Å². The molecule has 0 aliphatic heterocycles. The number of nitrogens with zero attached hydrogens (tertiary/aromatic N) is 4. The first-order chi connectivity index (χ1) is 7.75. The van der Waals surface area contributed by atoms with Gasteiger partial charge in [-0.3, -0.25) is 0 Å². The van der Waals surface area contributed by atoms with E-state index in [9.17, 15) is 4.39 Å². The number of aromatic nitrogens is 4. The van der Waals surface area contributed by atoms with Gasteiger partial charge >= 0.3 is 6.08 Å². The van der Waals surface area contributed by atoms with Crippen LogP contribution < -0.4 is 0 Å². The Morgan fingerprint density at radius 2 is 2.06 bits per heavy atom. The molecule has 1 fully saturated rings. The van der Waals surface area contributed by atoms with Gasteiger partial charge in [0.25, 0.3) is 0 Å². The summed E-state index contributed by atoms with van der Waals surface area (Å²) in [4.78, 5) is 11.4. The van der Waals surface area contributed by atoms with E-state index in [4.69, 9.17) is 11.6 Å². The average Bonchev–Trinajstić information content (AvgIpc) is 2.83. The molecule has 1 saturated carbocycles. The molecule has 0 radical (unpaired) electrons. The van der Waals surface area contributed by atoms with Gasteiger partial charge in [-0.1, -0.05) is 24.4 Å². The lowest BCUT2D eigenvalue weighted by molar-refractivity contribution is 0.513. The molecule has 0 amide bonds. The Morgan fingerprint density at radius 1 is 1.31 bits per heavy atom. The number of hydrogen-bond acceptors (Lipinski definition) is 3. The highest BCUT2D eigenvalue weighted by Gasteiger charge is 2.21. The van der Waals surface area contributed by atoms with Crippen molar-refractivity contribution in [3.05, 3.63) is 17.6 Å². The number of imidazole rings is 1. The predicted molar refractivity (Wildman–Crippen MR) is 57.8 cm³/mol. The Balaban J connectivity index is 2.18. The monoisotopic (exact) mass is 240 g/mol. The van der Waals surface area contributed by atoms with E-state index in [-0.39, 0.29) is 5.15 Å². The molecule has 0 aromatic carbocycles. The molecule has 0 spiro atoms. The van der Waals surface area contributed by atoms with Gasteiger partial charge in [-0.2, -0.15) is 14.4 Å². The SMILES string of the molecule is Fc1nc(Cl)c2ncn(C3CCCC3)c2n1. The highest BCUT2D eigenvalue weighted by atomic mass is 35.5. The van der Waals surface area contributed by atoms with Gasteiger partial charge in [0.05, 0.1) is 6.33 Å². The Labute approximate surface area is 96.5 Å². The third-order valence-corrected chi connectivity index (χ3v) is 3.33. The molecular weight excluding hydrogens is 231 g/mol. The summed E-state index contributed by atoms with van der Waals surface area (Å²) in [5.74, 6) is 0. The van der Waals surface area contributed by atoms with Crippen molar-refractivity contribution >= 4 is 22.8 Å². The molecule has 0 N–H and O–H groups in total. The van der Waals surface area contributed by atoms with E-state index >= 15 is 0 Å². The van der Waals surface area contributed by atoms with E-state index in [2.05, 4.69) is 15.0 Å². The van der Waals surface area contributed by atoms with Crippen molar-refractivity contribution in [3.8, 4) is 0 Å². The minimum atomic E-state index is -0.794. The topological polar surface area (TPSA) is 43.6 Å². The molecule has 84 valence electrons. The standard InChI is InChI=1S/C10H10ClFN4/c11-8-7-9(15-10(12)14-8)16(5-13-7)6-3-1-2-4-6/h5-6H,1-4H2. The van der Waals surface area contributed by atoms with Gasteiger partial charge in [-0.05, 0) is 12.8 Å².